The third kappa shape index (κ3) is 4.35. The van der Waals surface area contributed by atoms with Crippen molar-refractivity contribution in [2.75, 3.05) is 16.8 Å². The zero-order chi connectivity index (χ0) is 17.6. The fourth-order valence-electron chi connectivity index (χ4n) is 2.82. The molecule has 0 radical (unpaired) electrons. The summed E-state index contributed by atoms with van der Waals surface area (Å²) in [5.41, 5.74) is 4.74. The zero-order valence-electron chi connectivity index (χ0n) is 15.0. The molecule has 0 aliphatic rings. The molecule has 4 nitrogen and oxygen atoms in total. The number of aryl methyl sites for hydroxylation is 2. The average molecular weight is 332 g/mol. The van der Waals surface area contributed by atoms with E-state index in [0.717, 1.165) is 24.6 Å². The topological polar surface area (TPSA) is 41.1 Å². The first kappa shape index (κ1) is 17.0. The van der Waals surface area contributed by atoms with Gasteiger partial charge in [0.1, 0.15) is 5.82 Å². The molecule has 1 heterocycles. The highest BCUT2D eigenvalue weighted by Gasteiger charge is 2.09. The second kappa shape index (κ2) is 7.79. The van der Waals surface area contributed by atoms with E-state index in [0.29, 0.717) is 5.95 Å². The summed E-state index contributed by atoms with van der Waals surface area (Å²) in [6.07, 6.45) is 1.81. The van der Waals surface area contributed by atoms with E-state index < -0.39 is 0 Å². The number of hydrogen-bond acceptors (Lipinski definition) is 4. The quantitative estimate of drug-likeness (QED) is 0.699. The van der Waals surface area contributed by atoms with Crippen LogP contribution in [0.4, 0.5) is 17.5 Å². The second-order valence-electron chi connectivity index (χ2n) is 6.18. The Morgan fingerprint density at radius 3 is 2.52 bits per heavy atom. The molecule has 4 heteroatoms. The summed E-state index contributed by atoms with van der Waals surface area (Å²) in [6.45, 7) is 8.04. The first-order valence-electron chi connectivity index (χ1n) is 8.62. The average Bonchev–Trinajstić information content (AvgIpc) is 2.63. The molecule has 0 amide bonds. The molecule has 2 aromatic carbocycles. The second-order valence-corrected chi connectivity index (χ2v) is 6.18. The molecule has 25 heavy (non-hydrogen) atoms. The minimum atomic E-state index is 0.621. The molecule has 0 saturated heterocycles. The van der Waals surface area contributed by atoms with E-state index in [1.807, 2.05) is 18.3 Å². The maximum Gasteiger partial charge on any atom is 0.229 e. The summed E-state index contributed by atoms with van der Waals surface area (Å²) in [5.74, 6) is 1.55. The first-order valence-corrected chi connectivity index (χ1v) is 8.62. The van der Waals surface area contributed by atoms with Crippen molar-refractivity contribution in [1.29, 1.82) is 0 Å². The van der Waals surface area contributed by atoms with Crippen molar-refractivity contribution >= 4 is 17.5 Å². The number of hydrogen-bond donors (Lipinski definition) is 1. The fourth-order valence-corrected chi connectivity index (χ4v) is 2.82. The third-order valence-electron chi connectivity index (χ3n) is 4.19. The maximum atomic E-state index is 4.70. The van der Waals surface area contributed by atoms with Crippen LogP contribution in [0.1, 0.15) is 23.6 Å². The Labute approximate surface area is 149 Å². The van der Waals surface area contributed by atoms with Gasteiger partial charge in [-0.05, 0) is 44.0 Å². The lowest BCUT2D eigenvalue weighted by molar-refractivity contribution is 0.811. The molecule has 0 bridgehead atoms. The van der Waals surface area contributed by atoms with Crippen LogP contribution in [0, 0.1) is 13.8 Å². The number of nitrogens with zero attached hydrogens (tertiary/aromatic N) is 3. The molecule has 0 saturated carbocycles. The van der Waals surface area contributed by atoms with E-state index in [1.165, 1.54) is 16.7 Å². The first-order chi connectivity index (χ1) is 12.2. The Balaban J connectivity index is 1.80. The minimum absolute atomic E-state index is 0.621. The lowest BCUT2D eigenvalue weighted by atomic mass is 10.1. The summed E-state index contributed by atoms with van der Waals surface area (Å²) in [6, 6.07) is 18.7. The van der Waals surface area contributed by atoms with Crippen LogP contribution >= 0.6 is 0 Å². The molecular weight excluding hydrogens is 308 g/mol. The number of anilines is 3. The Bertz CT molecular complexity index is 830. The summed E-state index contributed by atoms with van der Waals surface area (Å²) < 4.78 is 0. The van der Waals surface area contributed by atoms with Crippen LogP contribution in [-0.4, -0.2) is 16.5 Å². The van der Waals surface area contributed by atoms with Gasteiger partial charge in [0.05, 0.1) is 0 Å². The lowest BCUT2D eigenvalue weighted by Gasteiger charge is -2.22. The smallest absolute Gasteiger partial charge is 0.229 e. The molecular formula is C21H24N4. The van der Waals surface area contributed by atoms with Crippen molar-refractivity contribution in [3.05, 3.63) is 77.5 Å². The predicted molar refractivity (Wildman–Crippen MR) is 104 cm³/mol. The van der Waals surface area contributed by atoms with Crippen LogP contribution in [0.3, 0.4) is 0 Å². The molecule has 1 aromatic heterocycles. The molecule has 0 aliphatic heterocycles. The molecule has 3 rings (SSSR count). The van der Waals surface area contributed by atoms with Gasteiger partial charge in [0.15, 0.2) is 0 Å². The number of benzene rings is 2. The van der Waals surface area contributed by atoms with Gasteiger partial charge >= 0.3 is 0 Å². The van der Waals surface area contributed by atoms with E-state index in [9.17, 15) is 0 Å². The Morgan fingerprint density at radius 2 is 1.80 bits per heavy atom. The van der Waals surface area contributed by atoms with Gasteiger partial charge in [0, 0.05) is 25.0 Å². The van der Waals surface area contributed by atoms with Crippen molar-refractivity contribution in [1.82, 2.24) is 9.97 Å². The van der Waals surface area contributed by atoms with Gasteiger partial charge < -0.3 is 10.2 Å². The van der Waals surface area contributed by atoms with Gasteiger partial charge in [-0.25, -0.2) is 4.98 Å². The van der Waals surface area contributed by atoms with Crippen LogP contribution in [0.5, 0.6) is 0 Å². The van der Waals surface area contributed by atoms with Crippen LogP contribution in [-0.2, 0) is 6.54 Å². The highest BCUT2D eigenvalue weighted by Crippen LogP contribution is 2.21. The summed E-state index contributed by atoms with van der Waals surface area (Å²) in [4.78, 5) is 11.3. The van der Waals surface area contributed by atoms with Gasteiger partial charge in [-0.3, -0.25) is 0 Å². The van der Waals surface area contributed by atoms with Crippen LogP contribution < -0.4 is 10.2 Å². The van der Waals surface area contributed by atoms with Crippen molar-refractivity contribution < 1.29 is 0 Å². The lowest BCUT2D eigenvalue weighted by Crippen LogP contribution is -2.23. The van der Waals surface area contributed by atoms with E-state index >= 15 is 0 Å². The van der Waals surface area contributed by atoms with E-state index in [-0.39, 0.29) is 0 Å². The maximum absolute atomic E-state index is 4.70. The van der Waals surface area contributed by atoms with Gasteiger partial charge in [0.25, 0.3) is 0 Å². The molecule has 0 spiro atoms. The number of rotatable bonds is 6. The molecule has 0 unspecified atom stereocenters. The highest BCUT2D eigenvalue weighted by atomic mass is 15.2. The van der Waals surface area contributed by atoms with E-state index in [4.69, 9.17) is 4.98 Å². The van der Waals surface area contributed by atoms with Gasteiger partial charge in [-0.15, -0.1) is 0 Å². The molecule has 1 N–H and O–H groups in total. The monoisotopic (exact) mass is 332 g/mol. The van der Waals surface area contributed by atoms with E-state index in [2.05, 4.69) is 78.4 Å². The van der Waals surface area contributed by atoms with Crippen molar-refractivity contribution in [3.8, 4) is 0 Å². The molecule has 3 aromatic rings. The van der Waals surface area contributed by atoms with Gasteiger partial charge in [-0.2, -0.15) is 4.98 Å². The molecule has 0 atom stereocenters. The van der Waals surface area contributed by atoms with Crippen LogP contribution in [0.2, 0.25) is 0 Å². The Morgan fingerprint density at radius 1 is 1.00 bits per heavy atom. The third-order valence-corrected chi connectivity index (χ3v) is 4.19. The molecule has 128 valence electrons. The van der Waals surface area contributed by atoms with Gasteiger partial charge in [0.2, 0.25) is 5.95 Å². The summed E-state index contributed by atoms with van der Waals surface area (Å²) in [5, 5.41) is 3.33. The normalized spacial score (nSPS) is 10.5. The highest BCUT2D eigenvalue weighted by molar-refractivity contribution is 5.60. The largest absolute Gasteiger partial charge is 0.352 e. The van der Waals surface area contributed by atoms with Crippen molar-refractivity contribution in [2.24, 2.45) is 0 Å². The number of aromatic nitrogens is 2. The molecule has 0 aliphatic carbocycles. The van der Waals surface area contributed by atoms with E-state index in [1.54, 1.807) is 0 Å². The predicted octanol–water partition coefficient (Wildman–Crippen LogP) is 4.86. The summed E-state index contributed by atoms with van der Waals surface area (Å²) >= 11 is 0. The fraction of sp³-hybridized carbons (Fsp3) is 0.238. The molecule has 0 fully saturated rings. The minimum Gasteiger partial charge on any atom is -0.352 e. The van der Waals surface area contributed by atoms with Crippen molar-refractivity contribution in [2.45, 2.75) is 27.3 Å². The standard InChI is InChI=1S/C21H24N4/c1-4-25(15-18-8-6-5-7-9-18)20-12-13-22-21(24-20)23-19-11-10-16(2)14-17(19)3/h5-14H,4,15H2,1-3H3,(H,22,23,24). The zero-order valence-corrected chi connectivity index (χ0v) is 15.0. The SMILES string of the molecule is CCN(Cc1ccccc1)c1ccnc(Nc2ccc(C)cc2C)n1. The van der Waals surface area contributed by atoms with Crippen molar-refractivity contribution in [3.63, 3.8) is 0 Å². The van der Waals surface area contributed by atoms with Gasteiger partial charge in [-0.1, -0.05) is 48.0 Å². The Hall–Kier alpha value is -2.88. The number of nitrogens with one attached hydrogen (secondary N) is 1. The van der Waals surface area contributed by atoms with Crippen LogP contribution in [0.25, 0.3) is 0 Å². The summed E-state index contributed by atoms with van der Waals surface area (Å²) in [7, 11) is 0. The Kier molecular flexibility index (Phi) is 5.29. The van der Waals surface area contributed by atoms with Crippen LogP contribution in [0.15, 0.2) is 60.8 Å².